The Balaban J connectivity index is 2.30. The molecule has 2 rings (SSSR count). The first-order chi connectivity index (χ1) is 12.7. The van der Waals surface area contributed by atoms with Crippen LogP contribution in [0, 0.1) is 0 Å². The van der Waals surface area contributed by atoms with Gasteiger partial charge in [-0.1, -0.05) is 111 Å². The Labute approximate surface area is 167 Å². The smallest absolute Gasteiger partial charge is 0.305 e. The molecule has 0 radical (unpaired) electrons. The number of methoxy groups -OCH3 is 1. The molecule has 4 heteroatoms. The molecule has 0 unspecified atom stereocenters. The summed E-state index contributed by atoms with van der Waals surface area (Å²) in [4.78, 5) is 12.2. The van der Waals surface area contributed by atoms with E-state index in [2.05, 4.69) is 93.8 Å². The fraction of sp³-hybridized carbons (Fsp3) is 0.435. The fourth-order valence-electron chi connectivity index (χ4n) is 3.89. The lowest BCUT2D eigenvalue weighted by atomic mass is 10.2. The zero-order valence-corrected chi connectivity index (χ0v) is 19.7. The number of hydrogen-bond donors (Lipinski definition) is 0. The van der Waals surface area contributed by atoms with Gasteiger partial charge in [0.15, 0.2) is 0 Å². The second kappa shape index (κ2) is 9.02. The van der Waals surface area contributed by atoms with Gasteiger partial charge in [0, 0.05) is 6.42 Å². The number of hydrogen-bond acceptors (Lipinski definition) is 2. The molecule has 0 N–H and O–H groups in total. The van der Waals surface area contributed by atoms with Gasteiger partial charge in [0.05, 0.1) is 23.3 Å². The lowest BCUT2D eigenvalue weighted by molar-refractivity contribution is -0.140. The van der Waals surface area contributed by atoms with Crippen molar-refractivity contribution >= 4 is 32.5 Å². The van der Waals surface area contributed by atoms with Crippen molar-refractivity contribution in [3.63, 3.8) is 0 Å². The molecule has 27 heavy (non-hydrogen) atoms. The lowest BCUT2D eigenvalue weighted by Gasteiger charge is -2.38. The van der Waals surface area contributed by atoms with Crippen LogP contribution < -0.4 is 10.4 Å². The van der Waals surface area contributed by atoms with Crippen LogP contribution in [0.3, 0.4) is 0 Å². The van der Waals surface area contributed by atoms with Gasteiger partial charge in [-0.15, -0.1) is 0 Å². The molecule has 0 aliphatic heterocycles. The van der Waals surface area contributed by atoms with E-state index >= 15 is 0 Å². The number of carbonyl (C=O) groups excluding carboxylic acids is 1. The first kappa shape index (κ1) is 21.6. The summed E-state index contributed by atoms with van der Waals surface area (Å²) in [6.45, 7) is 12.1. The highest BCUT2D eigenvalue weighted by molar-refractivity contribution is 6.92. The Hall–Kier alpha value is -1.66. The molecule has 0 saturated heterocycles. The van der Waals surface area contributed by atoms with Crippen LogP contribution in [0.4, 0.5) is 0 Å². The van der Waals surface area contributed by atoms with E-state index in [0.29, 0.717) is 17.5 Å². The van der Waals surface area contributed by atoms with Crippen LogP contribution in [-0.4, -0.2) is 29.2 Å². The monoisotopic (exact) mass is 398 g/mol. The van der Waals surface area contributed by atoms with E-state index in [9.17, 15) is 4.79 Å². The zero-order valence-electron chi connectivity index (χ0n) is 17.7. The van der Waals surface area contributed by atoms with Gasteiger partial charge in [0.2, 0.25) is 0 Å². The third-order valence-corrected chi connectivity index (χ3v) is 15.4. The number of rotatable bonds is 8. The molecule has 0 bridgehead atoms. The van der Waals surface area contributed by atoms with Gasteiger partial charge >= 0.3 is 5.97 Å². The molecular formula is C23H34O2Si2. The zero-order chi connectivity index (χ0) is 20.1. The maximum absolute atomic E-state index is 12.2. The van der Waals surface area contributed by atoms with Crippen molar-refractivity contribution in [2.45, 2.75) is 57.0 Å². The summed E-state index contributed by atoms with van der Waals surface area (Å²) >= 11 is 0. The van der Waals surface area contributed by atoms with Gasteiger partial charge < -0.3 is 4.74 Å². The highest BCUT2D eigenvalue weighted by Crippen LogP contribution is 2.38. The van der Waals surface area contributed by atoms with Crippen molar-refractivity contribution in [2.75, 3.05) is 7.11 Å². The van der Waals surface area contributed by atoms with Gasteiger partial charge in [-0.25, -0.2) is 0 Å². The van der Waals surface area contributed by atoms with Crippen LogP contribution in [-0.2, 0) is 9.53 Å². The highest BCUT2D eigenvalue weighted by Gasteiger charge is 2.40. The van der Waals surface area contributed by atoms with E-state index in [1.807, 2.05) is 0 Å². The Morgan fingerprint density at radius 1 is 0.852 bits per heavy atom. The maximum atomic E-state index is 12.2. The minimum atomic E-state index is -1.81. The Bertz CT molecular complexity index is 727. The van der Waals surface area contributed by atoms with E-state index in [1.165, 1.54) is 17.5 Å². The molecule has 2 aromatic carbocycles. The van der Waals surface area contributed by atoms with Gasteiger partial charge in [-0.3, -0.25) is 4.79 Å². The third kappa shape index (κ3) is 5.20. The minimum absolute atomic E-state index is 0.0807. The molecule has 0 fully saturated rings. The van der Waals surface area contributed by atoms with E-state index in [0.717, 1.165) is 6.42 Å². The van der Waals surface area contributed by atoms with Crippen LogP contribution in [0.25, 0.3) is 0 Å². The van der Waals surface area contributed by atoms with Gasteiger partial charge in [-0.05, 0) is 11.1 Å². The Morgan fingerprint density at radius 2 is 1.30 bits per heavy atom. The largest absolute Gasteiger partial charge is 0.469 e. The van der Waals surface area contributed by atoms with Crippen LogP contribution in [0.1, 0.15) is 19.8 Å². The summed E-state index contributed by atoms with van der Waals surface area (Å²) in [5.74, 6) is -0.0807. The predicted molar refractivity (Wildman–Crippen MR) is 122 cm³/mol. The molecule has 146 valence electrons. The minimum Gasteiger partial charge on any atom is -0.469 e. The number of esters is 1. The molecule has 2 aromatic rings. The standard InChI is InChI=1S/C23H34O2Si2/c1-19(26(3,4)20-13-9-7-10-14-20)17-22(18-23(24)25-2)27(5,6)21-15-11-8-12-16-21/h7-16,19,22H,17-18H2,1-6H3/t19-,22+/m0/s1. The van der Waals surface area contributed by atoms with Crippen molar-refractivity contribution in [3.05, 3.63) is 60.7 Å². The van der Waals surface area contributed by atoms with Crippen LogP contribution in [0.15, 0.2) is 60.7 Å². The molecule has 0 saturated carbocycles. The van der Waals surface area contributed by atoms with E-state index in [1.54, 1.807) is 0 Å². The molecule has 0 spiro atoms. The first-order valence-electron chi connectivity index (χ1n) is 9.87. The third-order valence-electron chi connectivity index (χ3n) is 6.57. The molecular weight excluding hydrogens is 364 g/mol. The topological polar surface area (TPSA) is 26.3 Å². The summed E-state index contributed by atoms with van der Waals surface area (Å²) in [6, 6.07) is 21.7. The van der Waals surface area contributed by atoms with Gasteiger partial charge in [-0.2, -0.15) is 0 Å². The molecule has 0 amide bonds. The van der Waals surface area contributed by atoms with Gasteiger partial charge in [0.1, 0.15) is 0 Å². The normalized spacial score (nSPS) is 14.4. The maximum Gasteiger partial charge on any atom is 0.305 e. The Kier molecular flexibility index (Phi) is 7.23. The van der Waals surface area contributed by atoms with Crippen molar-refractivity contribution < 1.29 is 9.53 Å². The molecule has 2 nitrogen and oxygen atoms in total. The van der Waals surface area contributed by atoms with E-state index in [4.69, 9.17) is 4.74 Å². The van der Waals surface area contributed by atoms with Gasteiger partial charge in [0.25, 0.3) is 0 Å². The summed E-state index contributed by atoms with van der Waals surface area (Å²) < 4.78 is 5.06. The summed E-state index contributed by atoms with van der Waals surface area (Å²) in [5.41, 5.74) is 0.961. The molecule has 2 atom stereocenters. The molecule has 0 aliphatic rings. The van der Waals surface area contributed by atoms with Crippen LogP contribution in [0.2, 0.25) is 37.3 Å². The molecule has 0 aromatic heterocycles. The van der Waals surface area contributed by atoms with Crippen molar-refractivity contribution in [3.8, 4) is 0 Å². The van der Waals surface area contributed by atoms with Crippen molar-refractivity contribution in [1.82, 2.24) is 0 Å². The highest BCUT2D eigenvalue weighted by atomic mass is 28.3. The van der Waals surface area contributed by atoms with Crippen LogP contribution in [0.5, 0.6) is 0 Å². The van der Waals surface area contributed by atoms with E-state index < -0.39 is 16.1 Å². The average Bonchev–Trinajstić information content (AvgIpc) is 2.68. The second-order valence-electron chi connectivity index (χ2n) is 8.79. The molecule has 0 aliphatic carbocycles. The SMILES string of the molecule is COC(=O)C[C@@H](C[C@H](C)[Si](C)(C)c1ccccc1)[Si](C)(C)c1ccccc1. The number of ether oxygens (including phenoxy) is 1. The Morgan fingerprint density at radius 3 is 1.74 bits per heavy atom. The fourth-order valence-corrected chi connectivity index (χ4v) is 9.77. The summed E-state index contributed by atoms with van der Waals surface area (Å²) in [5, 5.41) is 2.92. The lowest BCUT2D eigenvalue weighted by Crippen LogP contribution is -2.50. The van der Waals surface area contributed by atoms with E-state index in [-0.39, 0.29) is 5.97 Å². The second-order valence-corrected chi connectivity index (χ2v) is 18.6. The molecule has 0 heterocycles. The number of benzene rings is 2. The summed E-state index contributed by atoms with van der Waals surface area (Å²) in [6.07, 6.45) is 1.60. The van der Waals surface area contributed by atoms with Crippen molar-refractivity contribution in [2.24, 2.45) is 0 Å². The average molecular weight is 399 g/mol. The first-order valence-corrected chi connectivity index (χ1v) is 16.0. The van der Waals surface area contributed by atoms with Crippen molar-refractivity contribution in [1.29, 1.82) is 0 Å². The number of carbonyl (C=O) groups is 1. The van der Waals surface area contributed by atoms with Crippen LogP contribution >= 0.6 is 0 Å². The predicted octanol–water partition coefficient (Wildman–Crippen LogP) is 4.93. The summed E-state index contributed by atoms with van der Waals surface area (Å²) in [7, 11) is -1.92. The quantitative estimate of drug-likeness (QED) is 0.465.